The molecule has 2 aromatic carbocycles. The summed E-state index contributed by atoms with van der Waals surface area (Å²) in [6.45, 7) is 1.39. The van der Waals surface area contributed by atoms with Crippen molar-refractivity contribution in [3.63, 3.8) is 0 Å². The number of nitrogens with zero attached hydrogens (tertiary/aromatic N) is 8. The van der Waals surface area contributed by atoms with Gasteiger partial charge in [0, 0.05) is 52.4 Å². The molecule has 7 fully saturated rings. The average molecular weight is 1040 g/mol. The molecule has 8 aromatic rings. The molecule has 6 bridgehead atoms. The molecular weight excluding hydrogens is 983 g/mol. The van der Waals surface area contributed by atoms with Gasteiger partial charge in [0.05, 0.1) is 23.4 Å². The van der Waals surface area contributed by atoms with Gasteiger partial charge in [0.2, 0.25) is 0 Å². The lowest BCUT2D eigenvalue weighted by molar-refractivity contribution is -0.0503. The number of amides is 4. The van der Waals surface area contributed by atoms with Crippen LogP contribution in [-0.2, 0) is 27.2 Å². The highest BCUT2D eigenvalue weighted by Gasteiger charge is 2.51. The van der Waals surface area contributed by atoms with Crippen molar-refractivity contribution in [1.82, 2.24) is 59.6 Å². The first kappa shape index (κ1) is 48.9. The fourth-order valence-corrected chi connectivity index (χ4v) is 13.4. The molecule has 0 spiro atoms. The number of hydrogen-bond donors (Lipinski definition) is 4. The minimum atomic E-state index is -0.723. The van der Waals surface area contributed by atoms with E-state index in [9.17, 15) is 37.5 Å². The Morgan fingerprint density at radius 1 is 0.579 bits per heavy atom. The van der Waals surface area contributed by atoms with E-state index in [1.54, 1.807) is 50.5 Å². The summed E-state index contributed by atoms with van der Waals surface area (Å²) in [6.07, 6.45) is 16.3. The van der Waals surface area contributed by atoms with Gasteiger partial charge in [0.15, 0.2) is 34.1 Å². The first-order valence-electron chi connectivity index (χ1n) is 26.0. The highest BCUT2D eigenvalue weighted by molar-refractivity contribution is 5.99. The number of carbonyl (C=O) groups is 4. The number of benzene rings is 2. The second-order valence-corrected chi connectivity index (χ2v) is 22.1. The maximum Gasteiger partial charge on any atom is 0.419 e. The van der Waals surface area contributed by atoms with Gasteiger partial charge < -0.3 is 30.1 Å². The maximum absolute atomic E-state index is 14.5. The Morgan fingerprint density at radius 3 is 1.43 bits per heavy atom. The summed E-state index contributed by atoms with van der Waals surface area (Å²) in [6, 6.07) is 13.0. The van der Waals surface area contributed by atoms with Crippen LogP contribution in [0.15, 0.2) is 79.3 Å². The number of oxazole rings is 2. The quantitative estimate of drug-likeness (QED) is 0.108. The van der Waals surface area contributed by atoms with Crippen LogP contribution in [0.1, 0.15) is 130 Å². The van der Waals surface area contributed by atoms with Crippen molar-refractivity contribution in [1.29, 1.82) is 0 Å². The third-order valence-corrected chi connectivity index (χ3v) is 17.1. The number of nitrogens with one attached hydrogen (secondary N) is 4. The van der Waals surface area contributed by atoms with Crippen LogP contribution < -0.4 is 32.8 Å². The number of hydrogen-bond acceptors (Lipinski definition) is 12. The Labute approximate surface area is 431 Å². The van der Waals surface area contributed by atoms with E-state index in [0.717, 1.165) is 94.7 Å². The molecule has 0 aliphatic heterocycles. The van der Waals surface area contributed by atoms with Crippen molar-refractivity contribution in [2.24, 2.45) is 48.6 Å². The summed E-state index contributed by atoms with van der Waals surface area (Å²) in [4.78, 5) is 84.4. The molecule has 0 radical (unpaired) electrons. The van der Waals surface area contributed by atoms with Crippen LogP contribution in [0, 0.1) is 46.1 Å². The molecule has 7 aliphatic rings. The highest BCUT2D eigenvalue weighted by atomic mass is 19.1. The van der Waals surface area contributed by atoms with Crippen LogP contribution in [0.5, 0.6) is 0 Å². The van der Waals surface area contributed by atoms with Crippen molar-refractivity contribution in [3.8, 4) is 0 Å². The molecule has 4 N–H and O–H groups in total. The molecule has 0 unspecified atom stereocenters. The number of carbonyl (C=O) groups excluding carboxylic acids is 4. The van der Waals surface area contributed by atoms with E-state index >= 15 is 0 Å². The van der Waals surface area contributed by atoms with E-state index in [0.29, 0.717) is 35.3 Å². The fraction of sp³-hybridized carbons (Fsp3) is 0.444. The Morgan fingerprint density at radius 2 is 1.00 bits per heavy atom. The van der Waals surface area contributed by atoms with Gasteiger partial charge in [-0.3, -0.25) is 28.3 Å². The predicted molar refractivity (Wildman–Crippen MR) is 270 cm³/mol. The van der Waals surface area contributed by atoms with E-state index in [4.69, 9.17) is 8.83 Å². The van der Waals surface area contributed by atoms with Crippen molar-refractivity contribution in [3.05, 3.63) is 128 Å². The van der Waals surface area contributed by atoms with Crippen LogP contribution in [0.4, 0.5) is 8.78 Å². The molecule has 22 heteroatoms. The van der Waals surface area contributed by atoms with E-state index in [1.807, 2.05) is 0 Å². The zero-order valence-corrected chi connectivity index (χ0v) is 42.0. The molecule has 4 amide bonds. The molecule has 394 valence electrons. The monoisotopic (exact) mass is 1040 g/mol. The number of rotatable bonds is 12. The number of aromatic nitrogens is 8. The standard InChI is InChI=1S/C28H29FN6O4.C26H27FN6O4/c1-34-21-7-15(2-3-23(21)39-27(34)38)12-30-25(36)20-8-22(35-24(33-20)19(29)13-32-35)26(37)31-14-28-9-16-4-17(10-28)6-18(5-16)11-28;1-32-19-10-16(2-3-21(19)37-25(32)36)12-28-23(34)18-11-20(33-22(31-18)17(27)13-30-33)24(35)29-14-26-7-4-15(5-8-26)6-9-26/h2-3,7-8,13,16-18H,4-6,9-12,14H2,1H3,(H,30,36)(H,31,37);2-3,10-11,13,15H,4-9,12,14H2,1H3,(H,28,34)(H,29,35). The SMILES string of the molecule is Cn1c(=O)oc2ccc(CNC(=O)c3cc(C(=O)NCC45CC6CC(CC(C6)C4)C5)n4ncc(F)c4n3)cc21.Cn1c(=O)oc2ccc(CNC(=O)c3cc(C(=O)NCC45CCC(CC4)CC5)n4ncc(F)c4n3)cc21. The van der Waals surface area contributed by atoms with E-state index in [-0.39, 0.29) is 58.0 Å². The van der Waals surface area contributed by atoms with Crippen molar-refractivity contribution in [2.45, 2.75) is 90.1 Å². The van der Waals surface area contributed by atoms with Gasteiger partial charge >= 0.3 is 11.5 Å². The summed E-state index contributed by atoms with van der Waals surface area (Å²) < 4.78 is 44.3. The number of fused-ring (bicyclic) bond motifs is 7. The largest absolute Gasteiger partial charge is 0.419 e. The minimum absolute atomic E-state index is 0.0507. The smallest absolute Gasteiger partial charge is 0.408 e. The molecule has 6 heterocycles. The zero-order valence-electron chi connectivity index (χ0n) is 42.0. The Bertz CT molecular complexity index is 3730. The van der Waals surface area contributed by atoms with Crippen LogP contribution in [0.2, 0.25) is 0 Å². The van der Waals surface area contributed by atoms with Crippen LogP contribution in [-0.4, -0.2) is 75.0 Å². The molecule has 15 rings (SSSR count). The van der Waals surface area contributed by atoms with Gasteiger partial charge in [-0.2, -0.15) is 10.2 Å². The molecule has 7 aliphatic carbocycles. The second kappa shape index (κ2) is 19.0. The molecular formula is C54H56F2N12O8. The molecule has 20 nitrogen and oxygen atoms in total. The topological polar surface area (TPSA) is 247 Å². The second-order valence-electron chi connectivity index (χ2n) is 22.1. The van der Waals surface area contributed by atoms with Crippen molar-refractivity contribution >= 4 is 57.1 Å². The summed E-state index contributed by atoms with van der Waals surface area (Å²) >= 11 is 0. The number of halogens is 2. The van der Waals surface area contributed by atoms with Gasteiger partial charge in [-0.05, 0) is 147 Å². The lowest BCUT2D eigenvalue weighted by atomic mass is 9.49. The lowest BCUT2D eigenvalue weighted by Crippen LogP contribution is -2.51. The first-order chi connectivity index (χ1) is 36.6. The van der Waals surface area contributed by atoms with E-state index in [1.165, 1.54) is 59.8 Å². The molecule has 7 saturated carbocycles. The fourth-order valence-electron chi connectivity index (χ4n) is 13.4. The third kappa shape index (κ3) is 9.09. The Balaban J connectivity index is 0.000000153. The molecule has 0 saturated heterocycles. The number of aryl methyl sites for hydroxylation is 2. The Hall–Kier alpha value is -8.04. The van der Waals surface area contributed by atoms with Gasteiger partial charge in [-0.15, -0.1) is 0 Å². The average Bonchev–Trinajstić information content (AvgIpc) is 4.18. The Kier molecular flexibility index (Phi) is 12.2. The summed E-state index contributed by atoms with van der Waals surface area (Å²) in [5, 5.41) is 19.6. The maximum atomic E-state index is 14.5. The zero-order chi connectivity index (χ0) is 52.6. The molecule has 0 atom stereocenters. The normalized spacial score (nSPS) is 23.3. The molecule has 76 heavy (non-hydrogen) atoms. The van der Waals surface area contributed by atoms with Gasteiger partial charge in [0.1, 0.15) is 22.8 Å². The van der Waals surface area contributed by atoms with Gasteiger partial charge in [0.25, 0.3) is 23.6 Å². The van der Waals surface area contributed by atoms with Crippen LogP contribution in [0.25, 0.3) is 33.5 Å². The van der Waals surface area contributed by atoms with Crippen LogP contribution in [0.3, 0.4) is 0 Å². The van der Waals surface area contributed by atoms with Gasteiger partial charge in [-0.25, -0.2) is 37.4 Å². The van der Waals surface area contributed by atoms with E-state index in [2.05, 4.69) is 41.4 Å². The molecule has 6 aromatic heterocycles. The predicted octanol–water partition coefficient (Wildman–Crippen LogP) is 6.13. The summed E-state index contributed by atoms with van der Waals surface area (Å²) in [5.41, 5.74) is 3.37. The van der Waals surface area contributed by atoms with Gasteiger partial charge in [-0.1, -0.05) is 12.1 Å². The highest BCUT2D eigenvalue weighted by Crippen LogP contribution is 2.59. The third-order valence-electron chi connectivity index (χ3n) is 17.1. The van der Waals surface area contributed by atoms with E-state index < -0.39 is 46.8 Å². The first-order valence-corrected chi connectivity index (χ1v) is 26.0. The lowest BCUT2D eigenvalue weighted by Gasteiger charge is -2.56. The van der Waals surface area contributed by atoms with Crippen molar-refractivity contribution in [2.75, 3.05) is 13.1 Å². The van der Waals surface area contributed by atoms with Crippen molar-refractivity contribution < 1.29 is 36.8 Å². The minimum Gasteiger partial charge on any atom is -0.408 e. The summed E-state index contributed by atoms with van der Waals surface area (Å²) in [5.74, 6) is -1.24. The van der Waals surface area contributed by atoms with Crippen LogP contribution >= 0.6 is 0 Å². The summed E-state index contributed by atoms with van der Waals surface area (Å²) in [7, 11) is 3.20.